The summed E-state index contributed by atoms with van der Waals surface area (Å²) in [5, 5.41) is 24.4. The number of carboxylic acids is 1. The number of hydrogen-bond acceptors (Lipinski definition) is 6. The van der Waals surface area contributed by atoms with Crippen molar-refractivity contribution in [1.29, 1.82) is 0 Å². The van der Waals surface area contributed by atoms with E-state index in [1.54, 1.807) is 4.57 Å². The summed E-state index contributed by atoms with van der Waals surface area (Å²) in [6.45, 7) is 0.439. The molecule has 0 aliphatic carbocycles. The summed E-state index contributed by atoms with van der Waals surface area (Å²) in [5.74, 6) is -0.993. The Bertz CT molecular complexity index is 995. The van der Waals surface area contributed by atoms with Crippen LogP contribution in [0.4, 0.5) is 0 Å². The Morgan fingerprint density at radius 3 is 2.50 bits per heavy atom. The highest BCUT2D eigenvalue weighted by Crippen LogP contribution is 2.33. The number of rotatable bonds is 5. The van der Waals surface area contributed by atoms with Crippen molar-refractivity contribution >= 4 is 5.97 Å². The first kappa shape index (κ1) is 15.8. The van der Waals surface area contributed by atoms with Gasteiger partial charge in [0.25, 0.3) is 0 Å². The molecule has 1 aliphatic heterocycles. The van der Waals surface area contributed by atoms with Crippen LogP contribution >= 0.6 is 0 Å². The second-order valence-corrected chi connectivity index (χ2v) is 5.78. The van der Waals surface area contributed by atoms with Crippen molar-refractivity contribution < 1.29 is 9.90 Å². The first-order valence-corrected chi connectivity index (χ1v) is 7.94. The van der Waals surface area contributed by atoms with Crippen molar-refractivity contribution in [3.8, 4) is 11.1 Å². The minimum absolute atomic E-state index is 0.163. The minimum atomic E-state index is -0.993. The molecular weight excluding hydrogens is 332 g/mol. The molecule has 0 atom stereocenters. The Kier molecular flexibility index (Phi) is 4.06. The maximum Gasteiger partial charge on any atom is 0.354 e. The fourth-order valence-electron chi connectivity index (χ4n) is 2.89. The topological polar surface area (TPSA) is 105 Å². The van der Waals surface area contributed by atoms with Crippen molar-refractivity contribution in [2.24, 2.45) is 20.7 Å². The number of aromatic nitrogens is 2. The van der Waals surface area contributed by atoms with Gasteiger partial charge in [-0.3, -0.25) is 0 Å². The number of carbonyl (C=O) groups is 1. The van der Waals surface area contributed by atoms with Crippen LogP contribution in [0.1, 0.15) is 27.8 Å². The molecule has 0 amide bonds. The van der Waals surface area contributed by atoms with Gasteiger partial charge in [-0.15, -0.1) is 10.2 Å². The van der Waals surface area contributed by atoms with Crippen LogP contribution in [-0.4, -0.2) is 20.6 Å². The van der Waals surface area contributed by atoms with Crippen LogP contribution in [0.3, 0.4) is 0 Å². The quantitative estimate of drug-likeness (QED) is 0.751. The number of carboxylic acid groups (broad SMARTS) is 1. The zero-order chi connectivity index (χ0) is 17.9. The molecule has 4 rings (SSSR count). The molecule has 8 nitrogen and oxygen atoms in total. The van der Waals surface area contributed by atoms with Gasteiger partial charge in [-0.25, -0.2) is 9.78 Å². The van der Waals surface area contributed by atoms with Crippen molar-refractivity contribution in [2.45, 2.75) is 12.7 Å². The number of hydrogen-bond donors (Lipinski definition) is 1. The highest BCUT2D eigenvalue weighted by Gasteiger charge is 2.17. The molecule has 0 bridgehead atoms. The van der Waals surface area contributed by atoms with Crippen molar-refractivity contribution in [3.63, 3.8) is 0 Å². The molecule has 0 spiro atoms. The maximum atomic E-state index is 11.2. The largest absolute Gasteiger partial charge is 0.477 e. The average molecular weight is 346 g/mol. The van der Waals surface area contributed by atoms with Crippen LogP contribution in [0.5, 0.6) is 0 Å². The van der Waals surface area contributed by atoms with Gasteiger partial charge in [-0.2, -0.15) is 0 Å². The van der Waals surface area contributed by atoms with Gasteiger partial charge in [-0.05, 0) is 27.1 Å². The van der Waals surface area contributed by atoms with Crippen LogP contribution in [0.15, 0.2) is 81.7 Å². The van der Waals surface area contributed by atoms with Gasteiger partial charge in [-0.1, -0.05) is 48.5 Å². The van der Waals surface area contributed by atoms with Crippen LogP contribution in [-0.2, 0) is 6.54 Å². The number of imidazole rings is 1. The van der Waals surface area contributed by atoms with Crippen LogP contribution < -0.4 is 0 Å². The molecule has 0 fully saturated rings. The molecule has 8 heteroatoms. The molecule has 0 radical (unpaired) electrons. The Hall–Kier alpha value is -3.68. The van der Waals surface area contributed by atoms with Crippen LogP contribution in [0.2, 0.25) is 0 Å². The molecule has 1 N–H and O–H groups in total. The fourth-order valence-corrected chi connectivity index (χ4v) is 2.89. The molecule has 1 aromatic heterocycles. The van der Waals surface area contributed by atoms with E-state index < -0.39 is 12.1 Å². The zero-order valence-electron chi connectivity index (χ0n) is 13.6. The van der Waals surface area contributed by atoms with E-state index in [9.17, 15) is 4.79 Å². The SMILES string of the molecule is O=C(O)c1cncn1Cc1ccc(-c2ccccc2C2N=NN=N2)cc1. The Labute approximate surface area is 148 Å². The number of aromatic carboxylic acids is 1. The molecule has 1 aliphatic rings. The van der Waals surface area contributed by atoms with Crippen molar-refractivity contribution in [3.05, 3.63) is 77.9 Å². The van der Waals surface area contributed by atoms with E-state index in [2.05, 4.69) is 25.7 Å². The standard InChI is InChI=1S/C18H14N6O2/c25-18(26)16-9-19-11-24(16)10-12-5-7-13(8-6-12)14-3-1-2-4-15(14)17-20-22-23-21-17/h1-9,11,17H,10H2,(H,25,26). The smallest absolute Gasteiger partial charge is 0.354 e. The zero-order valence-corrected chi connectivity index (χ0v) is 13.6. The van der Waals surface area contributed by atoms with Gasteiger partial charge in [0, 0.05) is 12.1 Å². The predicted octanol–water partition coefficient (Wildman–Crippen LogP) is 4.13. The molecule has 0 unspecified atom stereocenters. The normalized spacial score (nSPS) is 13.4. The maximum absolute atomic E-state index is 11.2. The lowest BCUT2D eigenvalue weighted by Crippen LogP contribution is -2.08. The van der Waals surface area contributed by atoms with E-state index in [-0.39, 0.29) is 5.69 Å². The van der Waals surface area contributed by atoms with Crippen molar-refractivity contribution in [2.75, 3.05) is 0 Å². The molecule has 2 aromatic carbocycles. The fraction of sp³-hybridized carbons (Fsp3) is 0.111. The molecular formula is C18H14N6O2. The Balaban J connectivity index is 1.61. The van der Waals surface area contributed by atoms with E-state index in [1.807, 2.05) is 48.5 Å². The molecule has 26 heavy (non-hydrogen) atoms. The lowest BCUT2D eigenvalue weighted by Gasteiger charge is -2.11. The Morgan fingerprint density at radius 2 is 1.77 bits per heavy atom. The third kappa shape index (κ3) is 3.00. The molecule has 3 aromatic rings. The van der Waals surface area contributed by atoms with Gasteiger partial charge in [0.15, 0.2) is 0 Å². The van der Waals surface area contributed by atoms with Crippen molar-refractivity contribution in [1.82, 2.24) is 9.55 Å². The van der Waals surface area contributed by atoms with Gasteiger partial charge >= 0.3 is 5.97 Å². The van der Waals surface area contributed by atoms with E-state index >= 15 is 0 Å². The summed E-state index contributed by atoms with van der Waals surface area (Å²) in [7, 11) is 0. The lowest BCUT2D eigenvalue weighted by molar-refractivity contribution is 0.0685. The summed E-state index contributed by atoms with van der Waals surface area (Å²) in [5.41, 5.74) is 4.11. The summed E-state index contributed by atoms with van der Waals surface area (Å²) >= 11 is 0. The molecule has 128 valence electrons. The second kappa shape index (κ2) is 6.67. The highest BCUT2D eigenvalue weighted by molar-refractivity contribution is 5.85. The first-order valence-electron chi connectivity index (χ1n) is 7.94. The Morgan fingerprint density at radius 1 is 1.04 bits per heavy atom. The molecule has 0 saturated heterocycles. The van der Waals surface area contributed by atoms with Gasteiger partial charge in [0.05, 0.1) is 12.5 Å². The monoisotopic (exact) mass is 346 g/mol. The minimum Gasteiger partial charge on any atom is -0.477 e. The van der Waals surface area contributed by atoms with Gasteiger partial charge < -0.3 is 9.67 Å². The first-order chi connectivity index (χ1) is 12.7. The van der Waals surface area contributed by atoms with E-state index in [0.717, 1.165) is 22.3 Å². The average Bonchev–Trinajstić information content (AvgIpc) is 3.34. The molecule has 0 saturated carbocycles. The second-order valence-electron chi connectivity index (χ2n) is 5.78. The predicted molar refractivity (Wildman–Crippen MR) is 92.6 cm³/mol. The summed E-state index contributed by atoms with van der Waals surface area (Å²) in [6, 6.07) is 15.8. The summed E-state index contributed by atoms with van der Waals surface area (Å²) in [4.78, 5) is 15.1. The van der Waals surface area contributed by atoms with E-state index in [4.69, 9.17) is 5.11 Å². The van der Waals surface area contributed by atoms with Gasteiger partial charge in [0.2, 0.25) is 6.17 Å². The third-order valence-electron chi connectivity index (χ3n) is 4.15. The lowest BCUT2D eigenvalue weighted by atomic mass is 9.97. The summed E-state index contributed by atoms with van der Waals surface area (Å²) in [6.07, 6.45) is 2.45. The van der Waals surface area contributed by atoms with E-state index in [0.29, 0.717) is 6.54 Å². The highest BCUT2D eigenvalue weighted by atomic mass is 16.4. The number of benzene rings is 2. The summed E-state index contributed by atoms with van der Waals surface area (Å²) < 4.78 is 1.60. The van der Waals surface area contributed by atoms with E-state index in [1.165, 1.54) is 12.5 Å². The molecule has 2 heterocycles. The van der Waals surface area contributed by atoms with Crippen LogP contribution in [0, 0.1) is 0 Å². The number of nitrogens with zero attached hydrogens (tertiary/aromatic N) is 6. The van der Waals surface area contributed by atoms with Crippen LogP contribution in [0.25, 0.3) is 11.1 Å². The van der Waals surface area contributed by atoms with Gasteiger partial charge in [0.1, 0.15) is 5.69 Å². The third-order valence-corrected chi connectivity index (χ3v) is 4.15.